The van der Waals surface area contributed by atoms with Crippen molar-refractivity contribution in [1.29, 1.82) is 0 Å². The first-order chi connectivity index (χ1) is 35.2. The van der Waals surface area contributed by atoms with Crippen LogP contribution < -0.4 is 26.7 Å². The first kappa shape index (κ1) is 68.8. The molecule has 0 aromatic heterocycles. The van der Waals surface area contributed by atoms with Gasteiger partial charge in [-0.25, -0.2) is 13.9 Å². The minimum absolute atomic E-state index is 0.154. The fraction of sp³-hybridized carbons (Fsp3) is 0.567. The maximum Gasteiger partial charge on any atom is 0.258 e. The highest BCUT2D eigenvalue weighted by Gasteiger charge is 2.24. The van der Waals surface area contributed by atoms with Gasteiger partial charge in [0.2, 0.25) is 0 Å². The maximum atomic E-state index is 12.9. The average molecular weight is 1080 g/mol. The number of unbranched alkanes of at least 4 members (excludes halogenated alkanes) is 17. The van der Waals surface area contributed by atoms with Gasteiger partial charge in [-0.1, -0.05) is 227 Å². The van der Waals surface area contributed by atoms with Gasteiger partial charge in [-0.2, -0.15) is 0 Å². The molecule has 1 unspecified atom stereocenters. The van der Waals surface area contributed by atoms with Crippen molar-refractivity contribution >= 4 is 45.8 Å². The Labute approximate surface area is 450 Å². The van der Waals surface area contributed by atoms with E-state index in [0.717, 1.165) is 47.4 Å². The van der Waals surface area contributed by atoms with Crippen LogP contribution in [0.3, 0.4) is 0 Å². The predicted molar refractivity (Wildman–Crippen MR) is 315 cm³/mol. The molecule has 0 aliphatic carbocycles. The minimum Gasteiger partial charge on any atom is -0.748 e. The third-order valence-corrected chi connectivity index (χ3v) is 18.5. The Morgan fingerprint density at radius 1 is 0.527 bits per heavy atom. The Morgan fingerprint density at radius 3 is 1.19 bits per heavy atom. The van der Waals surface area contributed by atoms with E-state index in [1.165, 1.54) is 122 Å². The van der Waals surface area contributed by atoms with Crippen molar-refractivity contribution in [2.75, 3.05) is 53.6 Å². The molecule has 418 valence electrons. The summed E-state index contributed by atoms with van der Waals surface area (Å²) in [5.74, 6) is 1.34. The Bertz CT molecular complexity index is 2090. The van der Waals surface area contributed by atoms with Crippen molar-refractivity contribution in [2.45, 2.75) is 168 Å². The van der Waals surface area contributed by atoms with Crippen LogP contribution in [0.2, 0.25) is 0 Å². The van der Waals surface area contributed by atoms with Gasteiger partial charge in [-0.3, -0.25) is 4.57 Å². The van der Waals surface area contributed by atoms with Crippen LogP contribution in [0.4, 0.5) is 0 Å². The van der Waals surface area contributed by atoms with Crippen LogP contribution in [0.1, 0.15) is 162 Å². The highest BCUT2D eigenvalue weighted by atomic mass is 32.2. The van der Waals surface area contributed by atoms with E-state index in [0.29, 0.717) is 23.6 Å². The quantitative estimate of drug-likeness (QED) is 0.0134. The molecule has 0 spiro atoms. The smallest absolute Gasteiger partial charge is 0.258 e. The standard InChI is InChI=1S/C17H38N2O2.C17H37NO3S.C14H13OP.C12H11O2P/c1-4-5-6-7-8-9-10-11-12-14-17(18-20)15-13-16-19(2,3)21;1-4-5-6-7-8-9-10-11-12-13-15-18(2,3)16-14-17-22(19,20)21;1-2-16(15,13-9-5-3-6-10-13)14-11-7-4-8-12-14;13-15(14,11-7-3-1-4-8-11)12-9-5-2-6-10-12/h17-18,20H,4-16H2,1-3H3;4-17H2,1-3H3;2-12H,1H2;1-10H,(H,13,14). The topological polar surface area (TPSA) is 167 Å². The van der Waals surface area contributed by atoms with Crippen LogP contribution in [0.25, 0.3) is 0 Å². The van der Waals surface area contributed by atoms with Crippen LogP contribution >= 0.6 is 14.5 Å². The van der Waals surface area contributed by atoms with E-state index in [2.05, 4.69) is 40.0 Å². The van der Waals surface area contributed by atoms with Gasteiger partial charge < -0.3 is 33.6 Å². The lowest BCUT2D eigenvalue weighted by molar-refractivity contribution is -0.890. The second kappa shape index (κ2) is 40.0. The number of benzene rings is 4. The molecule has 4 rings (SSSR count). The normalized spacial score (nSPS) is 12.3. The third-order valence-electron chi connectivity index (χ3n) is 13.1. The number of quaternary nitrogens is 2. The number of rotatable bonds is 35. The minimum atomic E-state index is -4.05. The highest BCUT2D eigenvalue weighted by molar-refractivity contribution is 7.85. The Kier molecular flexibility index (Phi) is 37.2. The molecule has 0 aliphatic rings. The van der Waals surface area contributed by atoms with Gasteiger partial charge in [0.15, 0.2) is 7.14 Å². The van der Waals surface area contributed by atoms with Crippen LogP contribution in [0.15, 0.2) is 134 Å². The first-order valence-corrected chi connectivity index (χ1v) is 32.7. The van der Waals surface area contributed by atoms with Crippen molar-refractivity contribution in [2.24, 2.45) is 0 Å². The lowest BCUT2D eigenvalue weighted by atomic mass is 10.0. The first-order valence-electron chi connectivity index (χ1n) is 27.7. The summed E-state index contributed by atoms with van der Waals surface area (Å²) < 4.78 is 57.4. The summed E-state index contributed by atoms with van der Waals surface area (Å²) in [6.07, 6.45) is 28.5. The molecule has 0 heterocycles. The summed E-state index contributed by atoms with van der Waals surface area (Å²) in [5.41, 5.74) is 2.40. The fourth-order valence-corrected chi connectivity index (χ4v) is 12.5. The van der Waals surface area contributed by atoms with E-state index in [1.54, 1.807) is 68.4 Å². The van der Waals surface area contributed by atoms with Crippen LogP contribution in [0, 0.1) is 5.21 Å². The molecule has 0 saturated carbocycles. The van der Waals surface area contributed by atoms with E-state index in [4.69, 9.17) is 5.21 Å². The lowest BCUT2D eigenvalue weighted by Gasteiger charge is -2.34. The summed E-state index contributed by atoms with van der Waals surface area (Å²) in [6.45, 7) is 10.7. The van der Waals surface area contributed by atoms with Gasteiger partial charge in [0.25, 0.3) is 7.37 Å². The zero-order valence-corrected chi connectivity index (χ0v) is 49.1. The van der Waals surface area contributed by atoms with Gasteiger partial charge in [-0.15, -0.1) is 0 Å². The molecule has 1 atom stereocenters. The number of hydroxylamine groups is 4. The van der Waals surface area contributed by atoms with Crippen molar-refractivity contribution in [1.82, 2.24) is 5.48 Å². The summed E-state index contributed by atoms with van der Waals surface area (Å²) in [7, 11) is -2.52. The Morgan fingerprint density at radius 2 is 0.851 bits per heavy atom. The second-order valence-corrected chi connectivity index (χ2v) is 27.2. The van der Waals surface area contributed by atoms with Crippen LogP contribution in [-0.2, 0) is 19.2 Å². The molecule has 14 heteroatoms. The van der Waals surface area contributed by atoms with Crippen molar-refractivity contribution in [3.63, 3.8) is 0 Å². The number of nitrogens with zero attached hydrogens (tertiary/aromatic N) is 2. The molecule has 0 aliphatic heterocycles. The van der Waals surface area contributed by atoms with Gasteiger partial charge in [0, 0.05) is 39.4 Å². The molecule has 4 aromatic rings. The monoisotopic (exact) mass is 1080 g/mol. The van der Waals surface area contributed by atoms with Gasteiger partial charge in [0.1, 0.15) is 0 Å². The largest absolute Gasteiger partial charge is 0.748 e. The van der Waals surface area contributed by atoms with Crippen LogP contribution in [0.5, 0.6) is 0 Å². The fourth-order valence-electron chi connectivity index (χ4n) is 8.57. The SMILES string of the molecule is C=CP(=O)(c1ccccc1)c1ccccc1.CCCCCCCCCCCC(CCC[N+](C)(C)[O-])NO.CCCCCCCCCCCC[N+](C)(C)CCCS(=O)(=O)[O-].O=P(O)(c1ccccc1)c1ccccc1. The van der Waals surface area contributed by atoms with Gasteiger partial charge in [0.05, 0.1) is 57.9 Å². The zero-order valence-electron chi connectivity index (χ0n) is 46.5. The Hall–Kier alpha value is -3.25. The van der Waals surface area contributed by atoms with Crippen LogP contribution in [-0.4, -0.2) is 91.8 Å². The average Bonchev–Trinajstić information content (AvgIpc) is 3.38. The molecule has 0 saturated heterocycles. The van der Waals surface area contributed by atoms with Gasteiger partial charge in [-0.05, 0) is 62.2 Å². The van der Waals surface area contributed by atoms with E-state index in [-0.39, 0.29) is 16.4 Å². The number of nitrogens with one attached hydrogen (secondary N) is 1. The molecule has 11 nitrogen and oxygen atoms in total. The number of hydrogen-bond donors (Lipinski definition) is 3. The second-order valence-electron chi connectivity index (χ2n) is 20.8. The van der Waals surface area contributed by atoms with E-state index in [9.17, 15) is 32.2 Å². The highest BCUT2D eigenvalue weighted by Crippen LogP contribution is 2.44. The lowest BCUT2D eigenvalue weighted by Crippen LogP contribution is -2.41. The molecular weight excluding hydrogens is 985 g/mol. The molecule has 0 radical (unpaired) electrons. The van der Waals surface area contributed by atoms with E-state index >= 15 is 0 Å². The molecular formula is C60H99N3O8P2S. The molecule has 0 amide bonds. The van der Waals surface area contributed by atoms with Crippen molar-refractivity contribution < 1.29 is 41.3 Å². The molecule has 0 fully saturated rings. The van der Waals surface area contributed by atoms with Gasteiger partial charge >= 0.3 is 0 Å². The molecule has 0 bridgehead atoms. The van der Waals surface area contributed by atoms with E-state index in [1.807, 2.05) is 72.8 Å². The third kappa shape index (κ3) is 33.7. The molecule has 4 aromatic carbocycles. The Balaban J connectivity index is 0.000000498. The molecule has 3 N–H and O–H groups in total. The summed E-state index contributed by atoms with van der Waals surface area (Å²) >= 11 is 0. The van der Waals surface area contributed by atoms with Crippen molar-refractivity contribution in [3.05, 3.63) is 139 Å². The van der Waals surface area contributed by atoms with Crippen molar-refractivity contribution in [3.8, 4) is 0 Å². The summed E-state index contributed by atoms with van der Waals surface area (Å²) in [4.78, 5) is 10.0. The number of hydrogen-bond acceptors (Lipinski definition) is 8. The van der Waals surface area contributed by atoms with E-state index < -0.39 is 24.6 Å². The summed E-state index contributed by atoms with van der Waals surface area (Å²) in [6, 6.07) is 36.5. The molecule has 74 heavy (non-hydrogen) atoms. The maximum absolute atomic E-state index is 12.9. The summed E-state index contributed by atoms with van der Waals surface area (Å²) in [5, 5.41) is 23.2. The predicted octanol–water partition coefficient (Wildman–Crippen LogP) is 13.6. The zero-order chi connectivity index (χ0) is 55.0.